The summed E-state index contributed by atoms with van der Waals surface area (Å²) < 4.78 is 6.29. The van der Waals surface area contributed by atoms with E-state index in [4.69, 9.17) is 22.8 Å². The number of rotatable bonds is 7. The molecule has 1 aliphatic rings. The SMILES string of the molecule is CCc1cccc2c3c([nH]c12)C(CC)(CC(=O)C(CC)NC(=S)NN)OCC3. The Kier molecular flexibility index (Phi) is 6.37. The Morgan fingerprint density at radius 2 is 2.18 bits per heavy atom. The van der Waals surface area contributed by atoms with Gasteiger partial charge in [-0.1, -0.05) is 39.0 Å². The van der Waals surface area contributed by atoms with Crippen molar-refractivity contribution in [3.8, 4) is 0 Å². The summed E-state index contributed by atoms with van der Waals surface area (Å²) in [5.74, 6) is 5.42. The standard InChI is InChI=1S/C21H30N4O2S/c1-4-13-8-7-9-14-15-10-11-27-21(6-3,19(15)24-18(13)14)12-17(26)16(5-2)23-20(28)25-22/h7-9,16,24H,4-6,10-12,22H2,1-3H3,(H2,23,25,28). The van der Waals surface area contributed by atoms with Gasteiger partial charge in [-0.05, 0) is 49.0 Å². The first kappa shape index (κ1) is 20.8. The average Bonchev–Trinajstić information content (AvgIpc) is 3.11. The van der Waals surface area contributed by atoms with Crippen LogP contribution in [0.25, 0.3) is 10.9 Å². The number of ketones is 1. The number of nitrogens with one attached hydrogen (secondary N) is 3. The van der Waals surface area contributed by atoms with Gasteiger partial charge in [-0.25, -0.2) is 5.84 Å². The van der Waals surface area contributed by atoms with E-state index in [1.54, 1.807) is 0 Å². The van der Waals surface area contributed by atoms with Crippen LogP contribution in [0.2, 0.25) is 0 Å². The van der Waals surface area contributed by atoms with Gasteiger partial charge in [0.25, 0.3) is 0 Å². The first-order valence-corrected chi connectivity index (χ1v) is 10.5. The molecule has 0 spiro atoms. The molecule has 0 aliphatic carbocycles. The highest BCUT2D eigenvalue weighted by Gasteiger charge is 2.41. The largest absolute Gasteiger partial charge is 0.368 e. The number of benzene rings is 1. The maximum Gasteiger partial charge on any atom is 0.181 e. The molecular formula is C21H30N4O2S. The molecule has 1 aliphatic heterocycles. The Bertz CT molecular complexity index is 879. The summed E-state index contributed by atoms with van der Waals surface area (Å²) in [6, 6.07) is 6.04. The zero-order valence-electron chi connectivity index (χ0n) is 16.9. The molecule has 0 amide bonds. The monoisotopic (exact) mass is 402 g/mol. The van der Waals surface area contributed by atoms with E-state index in [-0.39, 0.29) is 10.9 Å². The van der Waals surface area contributed by atoms with Crippen LogP contribution in [0.4, 0.5) is 0 Å². The highest BCUT2D eigenvalue weighted by atomic mass is 32.1. The highest BCUT2D eigenvalue weighted by molar-refractivity contribution is 7.80. The number of Topliss-reactive ketones (excluding diaryl/α,β-unsaturated/α-hetero) is 1. The molecule has 1 aromatic heterocycles. The number of hydrogen-bond acceptors (Lipinski definition) is 4. The van der Waals surface area contributed by atoms with E-state index >= 15 is 0 Å². The van der Waals surface area contributed by atoms with Crippen molar-refractivity contribution in [3.63, 3.8) is 0 Å². The van der Waals surface area contributed by atoms with E-state index in [1.165, 1.54) is 22.0 Å². The van der Waals surface area contributed by atoms with Gasteiger partial charge in [-0.2, -0.15) is 0 Å². The molecule has 152 valence electrons. The van der Waals surface area contributed by atoms with Gasteiger partial charge in [0, 0.05) is 17.3 Å². The Labute approximate surface area is 171 Å². The van der Waals surface area contributed by atoms with Gasteiger partial charge in [0.05, 0.1) is 18.3 Å². The molecule has 3 rings (SSSR count). The number of aromatic nitrogens is 1. The summed E-state index contributed by atoms with van der Waals surface area (Å²) in [5, 5.41) is 4.52. The third kappa shape index (κ3) is 3.66. The second kappa shape index (κ2) is 8.59. The van der Waals surface area contributed by atoms with E-state index in [1.807, 2.05) is 6.92 Å². The number of ether oxygens (including phenoxy) is 1. The molecule has 1 aromatic carbocycles. The molecule has 6 nitrogen and oxygen atoms in total. The number of carbonyl (C=O) groups excluding carboxylic acids is 1. The number of nitrogens with two attached hydrogens (primary N) is 1. The Balaban J connectivity index is 1.99. The second-order valence-electron chi connectivity index (χ2n) is 7.34. The molecule has 0 radical (unpaired) electrons. The van der Waals surface area contributed by atoms with Crippen molar-refractivity contribution < 1.29 is 9.53 Å². The number of aryl methyl sites for hydroxylation is 1. The second-order valence-corrected chi connectivity index (χ2v) is 7.75. The predicted octanol–water partition coefficient (Wildman–Crippen LogP) is 2.98. The fourth-order valence-corrected chi connectivity index (χ4v) is 4.40. The molecule has 2 aromatic rings. The van der Waals surface area contributed by atoms with Crippen LogP contribution < -0.4 is 16.6 Å². The molecule has 2 unspecified atom stereocenters. The highest BCUT2D eigenvalue weighted by Crippen LogP contribution is 2.42. The van der Waals surface area contributed by atoms with Crippen LogP contribution in [0.15, 0.2) is 18.2 Å². The lowest BCUT2D eigenvalue weighted by Gasteiger charge is -2.37. The Hall–Kier alpha value is -1.96. The van der Waals surface area contributed by atoms with Crippen LogP contribution >= 0.6 is 12.2 Å². The predicted molar refractivity (Wildman–Crippen MR) is 116 cm³/mol. The number of thiocarbonyl (C=S) groups is 1. The lowest BCUT2D eigenvalue weighted by molar-refractivity contribution is -0.132. The van der Waals surface area contributed by atoms with Crippen LogP contribution in [-0.4, -0.2) is 28.5 Å². The molecule has 0 saturated carbocycles. The van der Waals surface area contributed by atoms with Crippen LogP contribution in [0.3, 0.4) is 0 Å². The number of carbonyl (C=O) groups is 1. The lowest BCUT2D eigenvalue weighted by atomic mass is 9.83. The first-order chi connectivity index (χ1) is 13.5. The molecule has 7 heteroatoms. The van der Waals surface area contributed by atoms with Gasteiger partial charge in [0.2, 0.25) is 0 Å². The fourth-order valence-electron chi connectivity index (χ4n) is 4.26. The zero-order chi connectivity index (χ0) is 20.3. The average molecular weight is 403 g/mol. The molecule has 5 N–H and O–H groups in total. The van der Waals surface area contributed by atoms with Crippen molar-refractivity contribution in [1.82, 2.24) is 15.7 Å². The third-order valence-corrected chi connectivity index (χ3v) is 6.09. The van der Waals surface area contributed by atoms with Crippen LogP contribution in [0, 0.1) is 0 Å². The maximum absolute atomic E-state index is 13.1. The van der Waals surface area contributed by atoms with Gasteiger partial charge in [0.15, 0.2) is 10.9 Å². The minimum absolute atomic E-state index is 0.0733. The molecule has 0 fully saturated rings. The van der Waals surface area contributed by atoms with E-state index < -0.39 is 11.6 Å². The normalized spacial score (nSPS) is 19.9. The molecule has 0 bridgehead atoms. The molecule has 2 heterocycles. The third-order valence-electron chi connectivity index (χ3n) is 5.86. The number of H-pyrrole nitrogens is 1. The van der Waals surface area contributed by atoms with Crippen LogP contribution in [-0.2, 0) is 28.0 Å². The first-order valence-electron chi connectivity index (χ1n) is 10.1. The molecule has 28 heavy (non-hydrogen) atoms. The summed E-state index contributed by atoms with van der Waals surface area (Å²) in [6.07, 6.45) is 3.45. The quantitative estimate of drug-likeness (QED) is 0.323. The molecular weight excluding hydrogens is 372 g/mol. The van der Waals surface area contributed by atoms with Gasteiger partial charge in [-0.3, -0.25) is 4.79 Å². The lowest BCUT2D eigenvalue weighted by Crippen LogP contribution is -2.49. The summed E-state index contributed by atoms with van der Waals surface area (Å²) in [5.41, 5.74) is 6.55. The van der Waals surface area contributed by atoms with Crippen molar-refractivity contribution in [1.29, 1.82) is 0 Å². The number of aromatic amines is 1. The van der Waals surface area contributed by atoms with Gasteiger partial charge >= 0.3 is 0 Å². The van der Waals surface area contributed by atoms with Gasteiger partial charge in [0.1, 0.15) is 5.60 Å². The summed E-state index contributed by atoms with van der Waals surface area (Å²) >= 11 is 5.07. The van der Waals surface area contributed by atoms with Gasteiger partial charge < -0.3 is 20.5 Å². The fraction of sp³-hybridized carbons (Fsp3) is 0.524. The van der Waals surface area contributed by atoms with Crippen molar-refractivity contribution in [2.75, 3.05) is 6.61 Å². The summed E-state index contributed by atoms with van der Waals surface area (Å²) in [6.45, 7) is 6.81. The Morgan fingerprint density at radius 3 is 2.82 bits per heavy atom. The minimum atomic E-state index is -0.637. The van der Waals surface area contributed by atoms with Crippen LogP contribution in [0.1, 0.15) is 56.9 Å². The van der Waals surface area contributed by atoms with Crippen molar-refractivity contribution in [3.05, 3.63) is 35.0 Å². The molecule has 2 atom stereocenters. The van der Waals surface area contributed by atoms with Crippen molar-refractivity contribution in [2.45, 2.75) is 64.5 Å². The van der Waals surface area contributed by atoms with Crippen molar-refractivity contribution >= 4 is 34.0 Å². The van der Waals surface area contributed by atoms with E-state index in [0.717, 1.165) is 25.0 Å². The number of hydrazine groups is 1. The zero-order valence-corrected chi connectivity index (χ0v) is 17.7. The minimum Gasteiger partial charge on any atom is -0.368 e. The molecule has 0 saturated heterocycles. The van der Waals surface area contributed by atoms with Crippen molar-refractivity contribution in [2.24, 2.45) is 5.84 Å². The smallest absolute Gasteiger partial charge is 0.181 e. The van der Waals surface area contributed by atoms with Gasteiger partial charge in [-0.15, -0.1) is 0 Å². The van der Waals surface area contributed by atoms with Crippen LogP contribution in [0.5, 0.6) is 0 Å². The van der Waals surface area contributed by atoms with E-state index in [0.29, 0.717) is 19.4 Å². The summed E-state index contributed by atoms with van der Waals surface area (Å²) in [4.78, 5) is 16.8. The Morgan fingerprint density at radius 1 is 1.39 bits per heavy atom. The summed E-state index contributed by atoms with van der Waals surface area (Å²) in [7, 11) is 0. The maximum atomic E-state index is 13.1. The number of hydrogen-bond donors (Lipinski definition) is 4. The topological polar surface area (TPSA) is 92.2 Å². The van der Waals surface area contributed by atoms with E-state index in [2.05, 4.69) is 47.8 Å². The number of fused-ring (bicyclic) bond motifs is 3. The number of para-hydroxylation sites is 1. The van der Waals surface area contributed by atoms with E-state index in [9.17, 15) is 4.79 Å².